The molecule has 1 aliphatic heterocycles. The summed E-state index contributed by atoms with van der Waals surface area (Å²) < 4.78 is 5.96. The molecule has 0 radical (unpaired) electrons. The molecule has 1 aliphatic rings. The average Bonchev–Trinajstić information content (AvgIpc) is 2.46. The van der Waals surface area contributed by atoms with E-state index >= 15 is 0 Å². The second-order valence-corrected chi connectivity index (χ2v) is 5.51. The molecule has 0 bridgehead atoms. The van der Waals surface area contributed by atoms with Crippen LogP contribution in [0.2, 0.25) is 0 Å². The average molecular weight is 342 g/mol. The number of likely N-dealkylation sites (tertiary alicyclic amines) is 1. The van der Waals surface area contributed by atoms with Gasteiger partial charge in [0.15, 0.2) is 6.61 Å². The predicted octanol–water partition coefficient (Wildman–Crippen LogP) is 2.54. The largest absolute Gasteiger partial charge is 0.482 e. The van der Waals surface area contributed by atoms with Gasteiger partial charge in [0.05, 0.1) is 4.47 Å². The third-order valence-corrected chi connectivity index (χ3v) is 3.87. The minimum atomic E-state index is -1.08. The van der Waals surface area contributed by atoms with E-state index in [4.69, 9.17) is 9.84 Å². The molecule has 1 aromatic carbocycles. The zero-order valence-electron chi connectivity index (χ0n) is 11.0. The Bertz CT molecular complexity index is 512. The molecule has 1 heterocycles. The first kappa shape index (κ1) is 14.8. The number of nitrogens with zero attached hydrogens (tertiary/aromatic N) is 1. The van der Waals surface area contributed by atoms with Crippen molar-refractivity contribution in [2.45, 2.75) is 19.3 Å². The van der Waals surface area contributed by atoms with Crippen molar-refractivity contribution in [2.24, 2.45) is 0 Å². The van der Waals surface area contributed by atoms with E-state index in [1.165, 1.54) is 6.07 Å². The van der Waals surface area contributed by atoms with Crippen molar-refractivity contribution in [3.05, 3.63) is 28.2 Å². The summed E-state index contributed by atoms with van der Waals surface area (Å²) in [7, 11) is 0. The van der Waals surface area contributed by atoms with E-state index in [9.17, 15) is 9.59 Å². The summed E-state index contributed by atoms with van der Waals surface area (Å²) in [5.74, 6) is -0.978. The van der Waals surface area contributed by atoms with E-state index in [-0.39, 0.29) is 23.8 Å². The third kappa shape index (κ3) is 3.50. The van der Waals surface area contributed by atoms with Crippen molar-refractivity contribution >= 4 is 27.8 Å². The summed E-state index contributed by atoms with van der Waals surface area (Å²) in [6, 6.07) is 4.76. The molecule has 5 nitrogen and oxygen atoms in total. The molecule has 0 atom stereocenters. The topological polar surface area (TPSA) is 66.8 Å². The van der Waals surface area contributed by atoms with Crippen molar-refractivity contribution in [3.8, 4) is 5.75 Å². The second kappa shape index (κ2) is 6.74. The Balaban J connectivity index is 2.03. The van der Waals surface area contributed by atoms with Crippen LogP contribution in [0.15, 0.2) is 22.7 Å². The highest BCUT2D eigenvalue weighted by Gasteiger charge is 2.19. The first-order valence-electron chi connectivity index (χ1n) is 6.52. The number of ether oxygens (including phenoxy) is 1. The molecule has 1 saturated heterocycles. The van der Waals surface area contributed by atoms with E-state index in [1.807, 2.05) is 0 Å². The number of carboxylic acids is 1. The van der Waals surface area contributed by atoms with Crippen LogP contribution >= 0.6 is 15.9 Å². The van der Waals surface area contributed by atoms with Crippen LogP contribution in [0.4, 0.5) is 0 Å². The number of aromatic carboxylic acids is 1. The number of benzene rings is 1. The fourth-order valence-corrected chi connectivity index (χ4v) is 2.67. The van der Waals surface area contributed by atoms with Gasteiger partial charge in [0.2, 0.25) is 0 Å². The summed E-state index contributed by atoms with van der Waals surface area (Å²) in [5.41, 5.74) is 0.0471. The molecule has 108 valence electrons. The van der Waals surface area contributed by atoms with Crippen molar-refractivity contribution in [3.63, 3.8) is 0 Å². The van der Waals surface area contributed by atoms with Crippen LogP contribution in [0.5, 0.6) is 5.75 Å². The first-order valence-corrected chi connectivity index (χ1v) is 7.31. The standard InChI is InChI=1S/C14H16BrNO4/c15-11-6-4-5-10(14(18)19)13(11)20-9-12(17)16-7-2-1-3-8-16/h4-6H,1-3,7-9H2,(H,18,19). The summed E-state index contributed by atoms with van der Waals surface area (Å²) in [6.07, 6.45) is 3.18. The molecule has 1 N–H and O–H groups in total. The maximum Gasteiger partial charge on any atom is 0.339 e. The lowest BCUT2D eigenvalue weighted by Crippen LogP contribution is -2.38. The Morgan fingerprint density at radius 2 is 1.95 bits per heavy atom. The molecular formula is C14H16BrNO4. The van der Waals surface area contributed by atoms with Crippen LogP contribution in [0.3, 0.4) is 0 Å². The number of hydrogen-bond donors (Lipinski definition) is 1. The van der Waals surface area contributed by atoms with Gasteiger partial charge in [0, 0.05) is 13.1 Å². The molecule has 0 saturated carbocycles. The molecule has 6 heteroatoms. The molecule has 2 rings (SSSR count). The summed E-state index contributed by atoms with van der Waals surface area (Å²) >= 11 is 3.25. The minimum Gasteiger partial charge on any atom is -0.482 e. The van der Waals surface area contributed by atoms with Gasteiger partial charge in [-0.15, -0.1) is 0 Å². The lowest BCUT2D eigenvalue weighted by Gasteiger charge is -2.26. The highest BCUT2D eigenvalue weighted by Crippen LogP contribution is 2.29. The maximum absolute atomic E-state index is 12.0. The highest BCUT2D eigenvalue weighted by atomic mass is 79.9. The van der Waals surface area contributed by atoms with Gasteiger partial charge >= 0.3 is 5.97 Å². The number of hydrogen-bond acceptors (Lipinski definition) is 3. The van der Waals surface area contributed by atoms with Crippen molar-refractivity contribution in [1.29, 1.82) is 0 Å². The van der Waals surface area contributed by atoms with Crippen molar-refractivity contribution in [2.75, 3.05) is 19.7 Å². The van der Waals surface area contributed by atoms with Gasteiger partial charge in [-0.05, 0) is 47.3 Å². The van der Waals surface area contributed by atoms with Crippen molar-refractivity contribution in [1.82, 2.24) is 4.90 Å². The van der Waals surface area contributed by atoms with Gasteiger partial charge in [0.1, 0.15) is 11.3 Å². The van der Waals surface area contributed by atoms with Gasteiger partial charge in [-0.1, -0.05) is 6.07 Å². The number of piperidine rings is 1. The molecule has 0 aromatic heterocycles. The van der Waals surface area contributed by atoms with Gasteiger partial charge in [0.25, 0.3) is 5.91 Å². The highest BCUT2D eigenvalue weighted by molar-refractivity contribution is 9.10. The number of para-hydroxylation sites is 1. The summed E-state index contributed by atoms with van der Waals surface area (Å²) in [6.45, 7) is 1.37. The van der Waals surface area contributed by atoms with Crippen LogP contribution in [-0.2, 0) is 4.79 Å². The Labute approximate surface area is 125 Å². The van der Waals surface area contributed by atoms with Crippen LogP contribution in [0.1, 0.15) is 29.6 Å². The molecule has 1 fully saturated rings. The second-order valence-electron chi connectivity index (χ2n) is 4.65. The zero-order valence-corrected chi connectivity index (χ0v) is 12.6. The first-order chi connectivity index (χ1) is 9.59. The summed E-state index contributed by atoms with van der Waals surface area (Å²) in [4.78, 5) is 24.9. The maximum atomic E-state index is 12.0. The normalized spacial score (nSPS) is 14.9. The van der Waals surface area contributed by atoms with E-state index in [0.29, 0.717) is 4.47 Å². The summed E-state index contributed by atoms with van der Waals surface area (Å²) in [5, 5.41) is 9.11. The number of carbonyl (C=O) groups excluding carboxylic acids is 1. The number of carboxylic acid groups (broad SMARTS) is 1. The molecule has 0 spiro atoms. The van der Waals surface area contributed by atoms with Crippen molar-refractivity contribution < 1.29 is 19.4 Å². The fraction of sp³-hybridized carbons (Fsp3) is 0.429. The third-order valence-electron chi connectivity index (χ3n) is 3.25. The van der Waals surface area contributed by atoms with Crippen LogP contribution in [0.25, 0.3) is 0 Å². The Morgan fingerprint density at radius 3 is 2.60 bits per heavy atom. The Hall–Kier alpha value is -1.56. The lowest BCUT2D eigenvalue weighted by atomic mass is 10.1. The number of rotatable bonds is 4. The van der Waals surface area contributed by atoms with Gasteiger partial charge in [-0.3, -0.25) is 4.79 Å². The number of carbonyl (C=O) groups is 2. The predicted molar refractivity (Wildman–Crippen MR) is 77.0 cm³/mol. The number of halogens is 1. The SMILES string of the molecule is O=C(O)c1cccc(Br)c1OCC(=O)N1CCCCC1. The van der Waals surface area contributed by atoms with E-state index in [0.717, 1.165) is 32.4 Å². The molecule has 1 aromatic rings. The smallest absolute Gasteiger partial charge is 0.339 e. The zero-order chi connectivity index (χ0) is 14.5. The molecule has 1 amide bonds. The van der Waals surface area contributed by atoms with Gasteiger partial charge in [-0.2, -0.15) is 0 Å². The monoisotopic (exact) mass is 341 g/mol. The van der Waals surface area contributed by atoms with Crippen LogP contribution < -0.4 is 4.74 Å². The van der Waals surface area contributed by atoms with Gasteiger partial charge in [-0.25, -0.2) is 4.79 Å². The van der Waals surface area contributed by atoms with E-state index in [1.54, 1.807) is 17.0 Å². The van der Waals surface area contributed by atoms with Crippen LogP contribution in [-0.4, -0.2) is 41.6 Å². The Kier molecular flexibility index (Phi) is 5.00. The number of amides is 1. The van der Waals surface area contributed by atoms with Gasteiger partial charge < -0.3 is 14.7 Å². The fourth-order valence-electron chi connectivity index (χ4n) is 2.19. The molecule has 0 aliphatic carbocycles. The molecule has 0 unspecified atom stereocenters. The molecule has 20 heavy (non-hydrogen) atoms. The minimum absolute atomic E-state index is 0.0471. The molecular weight excluding hydrogens is 326 g/mol. The quantitative estimate of drug-likeness (QED) is 0.913. The van der Waals surface area contributed by atoms with E-state index < -0.39 is 5.97 Å². The lowest BCUT2D eigenvalue weighted by molar-refractivity contribution is -0.134. The Morgan fingerprint density at radius 1 is 1.25 bits per heavy atom. The van der Waals surface area contributed by atoms with Crippen LogP contribution in [0, 0.1) is 0 Å². The van der Waals surface area contributed by atoms with E-state index in [2.05, 4.69) is 15.9 Å².